The second kappa shape index (κ2) is 3.57. The first kappa shape index (κ1) is 9.45. The van der Waals surface area contributed by atoms with E-state index in [-0.39, 0.29) is 0 Å². The molecule has 2 rings (SSSR count). The van der Waals surface area contributed by atoms with E-state index >= 15 is 0 Å². The van der Waals surface area contributed by atoms with Crippen LogP contribution in [0.5, 0.6) is 0 Å². The first-order chi connectivity index (χ1) is 7.16. The number of oxazole rings is 1. The van der Waals surface area contributed by atoms with Gasteiger partial charge in [-0.25, -0.2) is 4.98 Å². The van der Waals surface area contributed by atoms with Gasteiger partial charge in [0.2, 0.25) is 11.8 Å². The third-order valence-corrected chi connectivity index (χ3v) is 2.01. The summed E-state index contributed by atoms with van der Waals surface area (Å²) >= 11 is 0. The van der Waals surface area contributed by atoms with Crippen molar-refractivity contribution >= 4 is 5.91 Å². The third-order valence-electron chi connectivity index (χ3n) is 2.01. The van der Waals surface area contributed by atoms with Gasteiger partial charge in [-0.15, -0.1) is 0 Å². The predicted octanol–water partition coefficient (Wildman–Crippen LogP) is 1.75. The molecule has 76 valence electrons. The number of aryl methyl sites for hydroxylation is 1. The van der Waals surface area contributed by atoms with Gasteiger partial charge < -0.3 is 10.2 Å². The molecule has 2 aromatic rings. The first-order valence-electron chi connectivity index (χ1n) is 4.49. The maximum atomic E-state index is 11.0. The minimum absolute atomic E-state index is 0.448. The van der Waals surface area contributed by atoms with Gasteiger partial charge in [0, 0.05) is 11.1 Å². The van der Waals surface area contributed by atoms with E-state index in [0.29, 0.717) is 11.5 Å². The number of rotatable bonds is 2. The quantitative estimate of drug-likeness (QED) is 0.806. The number of benzene rings is 1. The Bertz CT molecular complexity index is 503. The molecule has 1 aromatic carbocycles. The van der Waals surface area contributed by atoms with E-state index in [4.69, 9.17) is 10.2 Å². The molecule has 0 saturated carbocycles. The summed E-state index contributed by atoms with van der Waals surface area (Å²) < 4.78 is 5.22. The number of aromatic nitrogens is 1. The maximum Gasteiger partial charge on any atom is 0.248 e. The zero-order chi connectivity index (χ0) is 10.8. The minimum atomic E-state index is -0.458. The van der Waals surface area contributed by atoms with Gasteiger partial charge in [-0.05, 0) is 25.1 Å². The van der Waals surface area contributed by atoms with Crippen molar-refractivity contribution in [1.29, 1.82) is 0 Å². The molecule has 1 amide bonds. The molecule has 0 spiro atoms. The summed E-state index contributed by atoms with van der Waals surface area (Å²) in [6, 6.07) is 6.88. The molecule has 15 heavy (non-hydrogen) atoms. The van der Waals surface area contributed by atoms with Crippen molar-refractivity contribution in [2.45, 2.75) is 6.92 Å². The SMILES string of the molecule is Cc1coc(-c2cccc(C(N)=O)c2)n1. The summed E-state index contributed by atoms with van der Waals surface area (Å²) in [5.41, 5.74) is 7.17. The number of nitrogens with two attached hydrogens (primary N) is 1. The highest BCUT2D eigenvalue weighted by Gasteiger charge is 2.07. The average molecular weight is 202 g/mol. The molecule has 0 aliphatic carbocycles. The minimum Gasteiger partial charge on any atom is -0.444 e. The highest BCUT2D eigenvalue weighted by Crippen LogP contribution is 2.19. The van der Waals surface area contributed by atoms with Gasteiger partial charge >= 0.3 is 0 Å². The second-order valence-electron chi connectivity index (χ2n) is 3.24. The van der Waals surface area contributed by atoms with Crippen LogP contribution in [0.3, 0.4) is 0 Å². The van der Waals surface area contributed by atoms with Crippen LogP contribution in [0.2, 0.25) is 0 Å². The average Bonchev–Trinajstić information content (AvgIpc) is 2.65. The van der Waals surface area contributed by atoms with Crippen LogP contribution < -0.4 is 5.73 Å². The lowest BCUT2D eigenvalue weighted by atomic mass is 10.1. The largest absolute Gasteiger partial charge is 0.444 e. The van der Waals surface area contributed by atoms with Gasteiger partial charge in [0.25, 0.3) is 0 Å². The van der Waals surface area contributed by atoms with E-state index in [1.165, 1.54) is 0 Å². The van der Waals surface area contributed by atoms with Crippen molar-refractivity contribution in [1.82, 2.24) is 4.98 Å². The van der Waals surface area contributed by atoms with Crippen molar-refractivity contribution in [3.8, 4) is 11.5 Å². The standard InChI is InChI=1S/C11H10N2O2/c1-7-6-15-11(13-7)9-4-2-3-8(5-9)10(12)14/h2-6H,1H3,(H2,12,14). The van der Waals surface area contributed by atoms with Gasteiger partial charge in [-0.2, -0.15) is 0 Å². The number of carbonyl (C=O) groups is 1. The van der Waals surface area contributed by atoms with E-state index in [0.717, 1.165) is 11.3 Å². The number of carbonyl (C=O) groups excluding carboxylic acids is 1. The van der Waals surface area contributed by atoms with Crippen molar-refractivity contribution in [2.24, 2.45) is 5.73 Å². The van der Waals surface area contributed by atoms with E-state index in [1.54, 1.807) is 24.5 Å². The Kier molecular flexibility index (Phi) is 2.25. The lowest BCUT2D eigenvalue weighted by molar-refractivity contribution is 0.100. The molecule has 2 N–H and O–H groups in total. The highest BCUT2D eigenvalue weighted by molar-refractivity contribution is 5.93. The fraction of sp³-hybridized carbons (Fsp3) is 0.0909. The monoisotopic (exact) mass is 202 g/mol. The van der Waals surface area contributed by atoms with Gasteiger partial charge in [0.05, 0.1) is 5.69 Å². The van der Waals surface area contributed by atoms with Crippen molar-refractivity contribution in [3.63, 3.8) is 0 Å². The van der Waals surface area contributed by atoms with E-state index in [2.05, 4.69) is 4.98 Å². The fourth-order valence-corrected chi connectivity index (χ4v) is 1.29. The highest BCUT2D eigenvalue weighted by atomic mass is 16.3. The molecule has 0 bridgehead atoms. The topological polar surface area (TPSA) is 69.1 Å². The van der Waals surface area contributed by atoms with Crippen LogP contribution in [0.1, 0.15) is 16.1 Å². The Morgan fingerprint density at radius 3 is 2.87 bits per heavy atom. The van der Waals surface area contributed by atoms with Crippen LogP contribution >= 0.6 is 0 Å². The van der Waals surface area contributed by atoms with Crippen molar-refractivity contribution < 1.29 is 9.21 Å². The molecule has 1 aromatic heterocycles. The summed E-state index contributed by atoms with van der Waals surface area (Å²) in [4.78, 5) is 15.1. The van der Waals surface area contributed by atoms with Gasteiger partial charge in [-0.3, -0.25) is 4.79 Å². The molecule has 0 radical (unpaired) electrons. The summed E-state index contributed by atoms with van der Waals surface area (Å²) in [6.07, 6.45) is 1.56. The van der Waals surface area contributed by atoms with Crippen LogP contribution in [-0.4, -0.2) is 10.9 Å². The zero-order valence-corrected chi connectivity index (χ0v) is 8.23. The summed E-state index contributed by atoms with van der Waals surface area (Å²) in [5, 5.41) is 0. The van der Waals surface area contributed by atoms with Gasteiger partial charge in [-0.1, -0.05) is 6.07 Å². The maximum absolute atomic E-state index is 11.0. The molecule has 1 heterocycles. The molecule has 0 aliphatic heterocycles. The van der Waals surface area contributed by atoms with Crippen LogP contribution in [0, 0.1) is 6.92 Å². The number of nitrogens with zero attached hydrogens (tertiary/aromatic N) is 1. The van der Waals surface area contributed by atoms with Crippen LogP contribution in [-0.2, 0) is 0 Å². The lowest BCUT2D eigenvalue weighted by Gasteiger charge is -1.97. The Balaban J connectivity index is 2.45. The number of primary amides is 1. The Morgan fingerprint density at radius 1 is 1.47 bits per heavy atom. The molecular weight excluding hydrogens is 192 g/mol. The molecule has 0 atom stereocenters. The molecule has 0 saturated heterocycles. The van der Waals surface area contributed by atoms with Gasteiger partial charge in [0.15, 0.2) is 0 Å². The molecule has 4 nitrogen and oxygen atoms in total. The Labute approximate surface area is 86.7 Å². The van der Waals surface area contributed by atoms with Crippen LogP contribution in [0.15, 0.2) is 34.9 Å². The summed E-state index contributed by atoms with van der Waals surface area (Å²) in [5.74, 6) is 0.0377. The molecule has 4 heteroatoms. The van der Waals surface area contributed by atoms with Crippen molar-refractivity contribution in [2.75, 3.05) is 0 Å². The summed E-state index contributed by atoms with van der Waals surface area (Å²) in [6.45, 7) is 1.84. The molecular formula is C11H10N2O2. The van der Waals surface area contributed by atoms with E-state index in [9.17, 15) is 4.79 Å². The second-order valence-corrected chi connectivity index (χ2v) is 3.24. The molecule has 0 aliphatic rings. The van der Waals surface area contributed by atoms with Crippen molar-refractivity contribution in [3.05, 3.63) is 41.8 Å². The van der Waals surface area contributed by atoms with E-state index < -0.39 is 5.91 Å². The third kappa shape index (κ3) is 1.88. The molecule has 0 fully saturated rings. The Morgan fingerprint density at radius 2 is 2.27 bits per heavy atom. The number of hydrogen-bond acceptors (Lipinski definition) is 3. The Hall–Kier alpha value is -2.10. The van der Waals surface area contributed by atoms with Crippen LogP contribution in [0.25, 0.3) is 11.5 Å². The van der Waals surface area contributed by atoms with Gasteiger partial charge in [0.1, 0.15) is 6.26 Å². The van der Waals surface area contributed by atoms with Crippen LogP contribution in [0.4, 0.5) is 0 Å². The predicted molar refractivity (Wildman–Crippen MR) is 55.2 cm³/mol. The first-order valence-corrected chi connectivity index (χ1v) is 4.49. The van der Waals surface area contributed by atoms with E-state index in [1.807, 2.05) is 13.0 Å². The number of hydrogen-bond donors (Lipinski definition) is 1. The number of amides is 1. The zero-order valence-electron chi connectivity index (χ0n) is 8.23. The fourth-order valence-electron chi connectivity index (χ4n) is 1.29. The smallest absolute Gasteiger partial charge is 0.248 e. The molecule has 0 unspecified atom stereocenters. The summed E-state index contributed by atoms with van der Waals surface area (Å²) in [7, 11) is 0. The lowest BCUT2D eigenvalue weighted by Crippen LogP contribution is -2.10. The normalized spacial score (nSPS) is 10.2.